The second-order valence-electron chi connectivity index (χ2n) is 8.13. The number of benzene rings is 2. The number of H-pyrrole nitrogens is 1. The molecule has 0 saturated carbocycles. The number of aromatic nitrogens is 1. The molecule has 0 saturated heterocycles. The van der Waals surface area contributed by atoms with E-state index >= 15 is 0 Å². The number of esters is 1. The fourth-order valence-electron chi connectivity index (χ4n) is 2.98. The lowest BCUT2D eigenvalue weighted by molar-refractivity contribution is -0.119. The van der Waals surface area contributed by atoms with Crippen molar-refractivity contribution < 1.29 is 24.2 Å². The number of pyridine rings is 1. The third kappa shape index (κ3) is 6.46. The van der Waals surface area contributed by atoms with E-state index in [2.05, 4.69) is 43.2 Å². The van der Waals surface area contributed by atoms with E-state index in [-0.39, 0.29) is 11.0 Å². The molecular formula is C25H26N2O6. The van der Waals surface area contributed by atoms with Crippen LogP contribution in [0.3, 0.4) is 0 Å². The summed E-state index contributed by atoms with van der Waals surface area (Å²) >= 11 is 0. The van der Waals surface area contributed by atoms with E-state index in [1.807, 2.05) is 12.1 Å². The van der Waals surface area contributed by atoms with E-state index in [9.17, 15) is 19.5 Å². The predicted molar refractivity (Wildman–Crippen MR) is 124 cm³/mol. The molecule has 0 atom stereocenters. The number of anilines is 1. The molecule has 3 rings (SSSR count). The Kier molecular flexibility index (Phi) is 7.17. The standard InChI is InChI=1S/C25H26N2O6/c1-4-25(2,3)17-5-9-19(10-6-17)33-20-11-7-18(8-12-20)26-23(30)15-32-24(31)16-13-21(28)27-22(29)14-16/h5-14H,4,15H2,1-3H3,(H,26,30)(H2,27,28,29). The topological polar surface area (TPSA) is 118 Å². The number of nitrogens with one attached hydrogen (secondary N) is 2. The highest BCUT2D eigenvalue weighted by atomic mass is 16.5. The summed E-state index contributed by atoms with van der Waals surface area (Å²) in [6.45, 7) is 6.01. The summed E-state index contributed by atoms with van der Waals surface area (Å²) in [7, 11) is 0. The van der Waals surface area contributed by atoms with Crippen LogP contribution in [0.25, 0.3) is 0 Å². The largest absolute Gasteiger partial charge is 0.494 e. The van der Waals surface area contributed by atoms with Gasteiger partial charge in [-0.05, 0) is 53.8 Å². The number of carbonyl (C=O) groups is 2. The van der Waals surface area contributed by atoms with Crippen molar-refractivity contribution in [1.82, 2.24) is 4.98 Å². The van der Waals surface area contributed by atoms with E-state index in [4.69, 9.17) is 9.47 Å². The van der Waals surface area contributed by atoms with Crippen molar-refractivity contribution in [3.63, 3.8) is 0 Å². The van der Waals surface area contributed by atoms with Crippen LogP contribution >= 0.6 is 0 Å². The fourth-order valence-corrected chi connectivity index (χ4v) is 2.98. The smallest absolute Gasteiger partial charge is 0.339 e. The molecule has 3 aromatic rings. The molecular weight excluding hydrogens is 424 g/mol. The molecule has 2 aromatic carbocycles. The van der Waals surface area contributed by atoms with Crippen molar-refractivity contribution in [2.24, 2.45) is 0 Å². The molecule has 8 nitrogen and oxygen atoms in total. The van der Waals surface area contributed by atoms with Crippen molar-refractivity contribution in [2.45, 2.75) is 32.6 Å². The molecule has 0 aliphatic carbocycles. The Morgan fingerprint density at radius 1 is 1.00 bits per heavy atom. The Labute approximate surface area is 191 Å². The van der Waals surface area contributed by atoms with Crippen LogP contribution in [0, 0.1) is 0 Å². The lowest BCUT2D eigenvalue weighted by Crippen LogP contribution is -2.21. The predicted octanol–water partition coefficient (Wildman–Crippen LogP) is 4.36. The minimum absolute atomic E-state index is 0.104. The monoisotopic (exact) mass is 450 g/mol. The maximum absolute atomic E-state index is 12.1. The van der Waals surface area contributed by atoms with Crippen LogP contribution in [0.2, 0.25) is 0 Å². The first-order valence-electron chi connectivity index (χ1n) is 10.4. The van der Waals surface area contributed by atoms with E-state index in [0.717, 1.165) is 18.6 Å². The molecule has 0 radical (unpaired) electrons. The summed E-state index contributed by atoms with van der Waals surface area (Å²) in [5.41, 5.74) is 1.03. The van der Waals surface area contributed by atoms with Crippen molar-refractivity contribution in [2.75, 3.05) is 11.9 Å². The zero-order valence-corrected chi connectivity index (χ0v) is 18.7. The molecule has 0 unspecified atom stereocenters. The number of amides is 1. The van der Waals surface area contributed by atoms with Crippen LogP contribution in [0.15, 0.2) is 65.5 Å². The highest BCUT2D eigenvalue weighted by molar-refractivity contribution is 5.95. The van der Waals surface area contributed by atoms with Gasteiger partial charge >= 0.3 is 5.97 Å². The summed E-state index contributed by atoms with van der Waals surface area (Å²) < 4.78 is 10.7. The van der Waals surface area contributed by atoms with Gasteiger partial charge in [-0.15, -0.1) is 0 Å². The molecule has 0 aliphatic rings. The molecule has 3 N–H and O–H groups in total. The molecule has 0 bridgehead atoms. The SMILES string of the molecule is CCC(C)(C)c1ccc(Oc2ccc(NC(=O)COC(=O)c3cc(O)[nH]c(=O)c3)cc2)cc1. The van der Waals surface area contributed by atoms with Gasteiger partial charge < -0.3 is 19.9 Å². The second kappa shape index (κ2) is 10.0. The average Bonchev–Trinajstić information content (AvgIpc) is 2.78. The Hall–Kier alpha value is -4.07. The van der Waals surface area contributed by atoms with Gasteiger partial charge in [-0.25, -0.2) is 4.79 Å². The van der Waals surface area contributed by atoms with Crippen molar-refractivity contribution >= 4 is 17.6 Å². The lowest BCUT2D eigenvalue weighted by atomic mass is 9.82. The van der Waals surface area contributed by atoms with Gasteiger partial charge in [0.2, 0.25) is 0 Å². The molecule has 1 heterocycles. The van der Waals surface area contributed by atoms with Gasteiger partial charge in [0.25, 0.3) is 11.5 Å². The summed E-state index contributed by atoms with van der Waals surface area (Å²) in [6, 6.07) is 16.7. The molecule has 1 amide bonds. The number of ether oxygens (including phenoxy) is 2. The maximum atomic E-state index is 12.1. The van der Waals surface area contributed by atoms with Gasteiger partial charge in [0, 0.05) is 17.8 Å². The van der Waals surface area contributed by atoms with Gasteiger partial charge in [-0.2, -0.15) is 0 Å². The first kappa shape index (κ1) is 23.6. The second-order valence-corrected chi connectivity index (χ2v) is 8.13. The number of rotatable bonds is 8. The van der Waals surface area contributed by atoms with Gasteiger partial charge in [0.1, 0.15) is 11.5 Å². The van der Waals surface area contributed by atoms with E-state index in [0.29, 0.717) is 17.2 Å². The van der Waals surface area contributed by atoms with Gasteiger partial charge in [-0.3, -0.25) is 14.6 Å². The first-order valence-corrected chi connectivity index (χ1v) is 10.4. The molecule has 33 heavy (non-hydrogen) atoms. The molecule has 0 fully saturated rings. The molecule has 8 heteroatoms. The Morgan fingerprint density at radius 3 is 2.18 bits per heavy atom. The summed E-state index contributed by atoms with van der Waals surface area (Å²) in [4.78, 5) is 37.4. The van der Waals surface area contributed by atoms with Crippen LogP contribution in [0.5, 0.6) is 17.4 Å². The minimum Gasteiger partial charge on any atom is -0.494 e. The van der Waals surface area contributed by atoms with Crippen LogP contribution in [-0.4, -0.2) is 28.6 Å². The lowest BCUT2D eigenvalue weighted by Gasteiger charge is -2.23. The third-order valence-electron chi connectivity index (χ3n) is 5.29. The van der Waals surface area contributed by atoms with Gasteiger partial charge in [-0.1, -0.05) is 32.9 Å². The summed E-state index contributed by atoms with van der Waals surface area (Å²) in [5, 5.41) is 11.9. The van der Waals surface area contributed by atoms with Crippen LogP contribution < -0.4 is 15.6 Å². The Balaban J connectivity index is 1.52. The van der Waals surface area contributed by atoms with E-state index in [1.165, 1.54) is 5.56 Å². The molecule has 1 aromatic heterocycles. The molecule has 0 spiro atoms. The zero-order valence-electron chi connectivity index (χ0n) is 18.7. The summed E-state index contributed by atoms with van der Waals surface area (Å²) in [5.74, 6) is -0.609. The molecule has 0 aliphatic heterocycles. The van der Waals surface area contributed by atoms with Gasteiger partial charge in [0.05, 0.1) is 5.56 Å². The summed E-state index contributed by atoms with van der Waals surface area (Å²) in [6.07, 6.45) is 1.04. The quantitative estimate of drug-likeness (QED) is 0.439. The number of hydrogen-bond donors (Lipinski definition) is 3. The minimum atomic E-state index is -0.899. The highest BCUT2D eigenvalue weighted by Crippen LogP contribution is 2.29. The fraction of sp³-hybridized carbons (Fsp3) is 0.240. The van der Waals surface area contributed by atoms with Crippen LogP contribution in [-0.2, 0) is 14.9 Å². The van der Waals surface area contributed by atoms with Gasteiger partial charge in [0.15, 0.2) is 12.5 Å². The number of hydrogen-bond acceptors (Lipinski definition) is 6. The number of carbonyl (C=O) groups excluding carboxylic acids is 2. The van der Waals surface area contributed by atoms with Crippen LogP contribution in [0.1, 0.15) is 43.1 Å². The van der Waals surface area contributed by atoms with E-state index < -0.39 is 29.9 Å². The Bertz CT molecular complexity index is 1180. The zero-order chi connectivity index (χ0) is 24.0. The average molecular weight is 450 g/mol. The van der Waals surface area contributed by atoms with E-state index in [1.54, 1.807) is 24.3 Å². The number of aromatic hydroxyl groups is 1. The van der Waals surface area contributed by atoms with Crippen LogP contribution in [0.4, 0.5) is 5.69 Å². The van der Waals surface area contributed by atoms with Crippen molar-refractivity contribution in [1.29, 1.82) is 0 Å². The Morgan fingerprint density at radius 2 is 1.61 bits per heavy atom. The number of aromatic amines is 1. The van der Waals surface area contributed by atoms with Crippen molar-refractivity contribution in [3.8, 4) is 17.4 Å². The molecule has 172 valence electrons. The first-order chi connectivity index (χ1) is 15.7. The third-order valence-corrected chi connectivity index (χ3v) is 5.29. The van der Waals surface area contributed by atoms with Crippen molar-refractivity contribution in [3.05, 3.63) is 82.1 Å². The maximum Gasteiger partial charge on any atom is 0.339 e. The normalized spacial score (nSPS) is 11.0. The highest BCUT2D eigenvalue weighted by Gasteiger charge is 2.17.